The van der Waals surface area contributed by atoms with Crippen molar-refractivity contribution in [2.24, 2.45) is 0 Å². The van der Waals surface area contributed by atoms with Crippen LogP contribution in [-0.2, 0) is 6.54 Å². The molecule has 2 N–H and O–H groups in total. The summed E-state index contributed by atoms with van der Waals surface area (Å²) in [7, 11) is 0. The van der Waals surface area contributed by atoms with Gasteiger partial charge in [0.15, 0.2) is 0 Å². The third-order valence-electron chi connectivity index (χ3n) is 5.06. The van der Waals surface area contributed by atoms with Crippen molar-refractivity contribution in [1.29, 1.82) is 0 Å². The van der Waals surface area contributed by atoms with Gasteiger partial charge in [-0.05, 0) is 42.8 Å². The van der Waals surface area contributed by atoms with Gasteiger partial charge in [-0.1, -0.05) is 44.4 Å². The molecule has 0 aliphatic carbocycles. The lowest BCUT2D eigenvalue weighted by Crippen LogP contribution is -2.29. The van der Waals surface area contributed by atoms with Crippen LogP contribution in [0.5, 0.6) is 11.5 Å². The fourth-order valence-corrected chi connectivity index (χ4v) is 3.45. The molecule has 0 atom stereocenters. The maximum Gasteiger partial charge on any atom is 0.268 e. The van der Waals surface area contributed by atoms with Crippen LogP contribution in [-0.4, -0.2) is 22.2 Å². The highest BCUT2D eigenvalue weighted by Gasteiger charge is 2.22. The van der Waals surface area contributed by atoms with Gasteiger partial charge in [0.25, 0.3) is 11.5 Å². The Kier molecular flexibility index (Phi) is 7.49. The monoisotopic (exact) mass is 420 g/mol. The zero-order valence-corrected chi connectivity index (χ0v) is 17.8. The lowest BCUT2D eigenvalue weighted by Gasteiger charge is -2.14. The number of hydrogen-bond acceptors (Lipinski definition) is 4. The largest absolute Gasteiger partial charge is 0.506 e. The number of nitrogens with zero attached hydrogens (tertiary/aromatic N) is 1. The molecule has 3 aromatic rings. The number of para-hydroxylation sites is 1. The zero-order valence-electron chi connectivity index (χ0n) is 17.8. The Labute approximate surface area is 181 Å². The molecule has 0 saturated heterocycles. The predicted octanol–water partition coefficient (Wildman–Crippen LogP) is 5.10. The molecule has 0 saturated carbocycles. The van der Waals surface area contributed by atoms with E-state index in [4.69, 9.17) is 4.74 Å². The molecule has 0 aliphatic heterocycles. The number of hydrogen-bond donors (Lipinski definition) is 2. The van der Waals surface area contributed by atoms with Crippen molar-refractivity contribution in [1.82, 2.24) is 4.57 Å². The van der Waals surface area contributed by atoms with E-state index in [1.807, 2.05) is 0 Å². The Morgan fingerprint density at radius 2 is 1.87 bits per heavy atom. The van der Waals surface area contributed by atoms with Crippen LogP contribution in [0.1, 0.15) is 43.0 Å². The van der Waals surface area contributed by atoms with Gasteiger partial charge in [0, 0.05) is 17.6 Å². The molecule has 1 heterocycles. The second kappa shape index (κ2) is 10.5. The Bertz CT molecular complexity index is 1120. The maximum atomic E-state index is 12.9. The average Bonchev–Trinajstić information content (AvgIpc) is 2.78. The maximum absolute atomic E-state index is 12.9. The van der Waals surface area contributed by atoms with Crippen LogP contribution in [0.4, 0.5) is 5.69 Å². The van der Waals surface area contributed by atoms with Gasteiger partial charge in [-0.25, -0.2) is 0 Å². The highest BCUT2D eigenvalue weighted by molar-refractivity contribution is 6.09. The lowest BCUT2D eigenvalue weighted by molar-refractivity contribution is 0.102. The lowest BCUT2D eigenvalue weighted by atomic mass is 10.1. The second-order valence-electron chi connectivity index (χ2n) is 7.33. The number of amides is 1. The van der Waals surface area contributed by atoms with Crippen molar-refractivity contribution in [2.45, 2.75) is 39.2 Å². The van der Waals surface area contributed by atoms with Gasteiger partial charge in [0.2, 0.25) is 0 Å². The molecule has 6 heteroatoms. The number of benzene rings is 2. The standard InChI is InChI=1S/C25H28N2O4/c1-3-5-6-9-17-31-19-14-12-18(13-15-19)26-24(29)22-23(28)20-10-7-8-11-21(20)27(16-4-2)25(22)30/h4,7-8,10-15,28H,2-3,5-6,9,16-17H2,1H3,(H,26,29). The number of allylic oxidation sites excluding steroid dienone is 1. The van der Waals surface area contributed by atoms with Gasteiger partial charge in [-0.15, -0.1) is 6.58 Å². The van der Waals surface area contributed by atoms with Gasteiger partial charge in [0.05, 0.1) is 12.1 Å². The third kappa shape index (κ3) is 5.15. The molecule has 162 valence electrons. The number of unbranched alkanes of at least 4 members (excludes halogenated alkanes) is 3. The van der Waals surface area contributed by atoms with Gasteiger partial charge in [-0.3, -0.25) is 9.59 Å². The summed E-state index contributed by atoms with van der Waals surface area (Å²) in [4.78, 5) is 25.8. The van der Waals surface area contributed by atoms with Crippen molar-refractivity contribution in [3.05, 3.63) is 77.1 Å². The van der Waals surface area contributed by atoms with Crippen LogP contribution in [0.3, 0.4) is 0 Å². The van der Waals surface area contributed by atoms with Crippen molar-refractivity contribution >= 4 is 22.5 Å². The summed E-state index contributed by atoms with van der Waals surface area (Å²) in [5.74, 6) is -0.277. The van der Waals surface area contributed by atoms with E-state index in [9.17, 15) is 14.7 Å². The molecule has 2 aromatic carbocycles. The van der Waals surface area contributed by atoms with E-state index in [-0.39, 0.29) is 17.9 Å². The summed E-state index contributed by atoms with van der Waals surface area (Å²) in [5.41, 5.74) is 0.185. The summed E-state index contributed by atoms with van der Waals surface area (Å²) in [5, 5.41) is 13.8. The Morgan fingerprint density at radius 3 is 2.58 bits per heavy atom. The number of carbonyl (C=O) groups excluding carboxylic acids is 1. The number of pyridine rings is 1. The molecule has 0 unspecified atom stereocenters. The Hall–Kier alpha value is -3.54. The third-order valence-corrected chi connectivity index (χ3v) is 5.06. The molecule has 0 fully saturated rings. The van der Waals surface area contributed by atoms with E-state index in [2.05, 4.69) is 18.8 Å². The van der Waals surface area contributed by atoms with Crippen molar-refractivity contribution < 1.29 is 14.6 Å². The highest BCUT2D eigenvalue weighted by atomic mass is 16.5. The topological polar surface area (TPSA) is 80.6 Å². The molecular formula is C25H28N2O4. The minimum atomic E-state index is -0.667. The molecular weight excluding hydrogens is 392 g/mol. The van der Waals surface area contributed by atoms with Gasteiger partial charge in [0.1, 0.15) is 17.1 Å². The molecule has 1 aromatic heterocycles. The van der Waals surface area contributed by atoms with Crippen LogP contribution in [0.2, 0.25) is 0 Å². The molecule has 1 amide bonds. The first kappa shape index (κ1) is 22.2. The summed E-state index contributed by atoms with van der Waals surface area (Å²) >= 11 is 0. The molecule has 0 radical (unpaired) electrons. The number of nitrogens with one attached hydrogen (secondary N) is 1. The molecule has 0 aliphatic rings. The van der Waals surface area contributed by atoms with Crippen LogP contribution >= 0.6 is 0 Å². The Balaban J connectivity index is 1.79. The fraction of sp³-hybridized carbons (Fsp3) is 0.280. The first-order chi connectivity index (χ1) is 15.1. The average molecular weight is 421 g/mol. The van der Waals surface area contributed by atoms with Crippen LogP contribution < -0.4 is 15.6 Å². The number of fused-ring (bicyclic) bond motifs is 1. The van der Waals surface area contributed by atoms with Gasteiger partial charge >= 0.3 is 0 Å². The molecule has 0 spiro atoms. The summed E-state index contributed by atoms with van der Waals surface area (Å²) in [6, 6.07) is 13.9. The summed E-state index contributed by atoms with van der Waals surface area (Å²) in [6.45, 7) is 6.72. The summed E-state index contributed by atoms with van der Waals surface area (Å²) in [6.07, 6.45) is 6.10. The second-order valence-corrected chi connectivity index (χ2v) is 7.33. The van der Waals surface area contributed by atoms with E-state index >= 15 is 0 Å². The van der Waals surface area contributed by atoms with E-state index in [0.717, 1.165) is 18.6 Å². The van der Waals surface area contributed by atoms with E-state index in [1.54, 1.807) is 54.6 Å². The predicted molar refractivity (Wildman–Crippen MR) is 124 cm³/mol. The number of aromatic nitrogens is 1. The number of anilines is 1. The quantitative estimate of drug-likeness (QED) is 0.353. The number of ether oxygens (including phenoxy) is 1. The van der Waals surface area contributed by atoms with Crippen LogP contribution in [0, 0.1) is 0 Å². The first-order valence-corrected chi connectivity index (χ1v) is 10.6. The first-order valence-electron chi connectivity index (χ1n) is 10.6. The van der Waals surface area contributed by atoms with Gasteiger partial charge < -0.3 is 19.7 Å². The summed E-state index contributed by atoms with van der Waals surface area (Å²) < 4.78 is 7.13. The number of carbonyl (C=O) groups is 1. The molecule has 0 bridgehead atoms. The SMILES string of the molecule is C=CCn1c(=O)c(C(=O)Nc2ccc(OCCCCCC)cc2)c(O)c2ccccc21. The van der Waals surface area contributed by atoms with Gasteiger partial charge in [-0.2, -0.15) is 0 Å². The van der Waals surface area contributed by atoms with Crippen LogP contribution in [0.15, 0.2) is 66.0 Å². The fourth-order valence-electron chi connectivity index (χ4n) is 3.45. The number of rotatable bonds is 10. The van der Waals surface area contributed by atoms with Crippen molar-refractivity contribution in [3.63, 3.8) is 0 Å². The van der Waals surface area contributed by atoms with Crippen LogP contribution in [0.25, 0.3) is 10.9 Å². The van der Waals surface area contributed by atoms with Crippen molar-refractivity contribution in [2.75, 3.05) is 11.9 Å². The zero-order chi connectivity index (χ0) is 22.2. The molecule has 6 nitrogen and oxygen atoms in total. The minimum Gasteiger partial charge on any atom is -0.506 e. The highest BCUT2D eigenvalue weighted by Crippen LogP contribution is 2.27. The smallest absolute Gasteiger partial charge is 0.268 e. The molecule has 3 rings (SSSR count). The van der Waals surface area contributed by atoms with E-state index < -0.39 is 11.5 Å². The number of aromatic hydroxyl groups is 1. The van der Waals surface area contributed by atoms with E-state index in [1.165, 1.54) is 17.4 Å². The normalized spacial score (nSPS) is 10.7. The molecule has 31 heavy (non-hydrogen) atoms. The Morgan fingerprint density at radius 1 is 1.13 bits per heavy atom. The van der Waals surface area contributed by atoms with E-state index in [0.29, 0.717) is 23.2 Å². The minimum absolute atomic E-state index is 0.226. The van der Waals surface area contributed by atoms with Crippen molar-refractivity contribution in [3.8, 4) is 11.5 Å².